The van der Waals surface area contributed by atoms with Gasteiger partial charge in [-0.2, -0.15) is 0 Å². The van der Waals surface area contributed by atoms with Gasteiger partial charge in [0.25, 0.3) is 0 Å². The van der Waals surface area contributed by atoms with Crippen LogP contribution in [0.1, 0.15) is 11.1 Å². The number of phenols is 1. The summed E-state index contributed by atoms with van der Waals surface area (Å²) in [5, 5.41) is 20.8. The molecule has 14 heavy (non-hydrogen) atoms. The standard InChI is InChI=1S/C9H10N2O3/c10-9(11-13)6-3-5-1-2-14-8(5)4-7(6)12/h3-4,12-13H,1-2H2,(H2,10,11). The highest BCUT2D eigenvalue weighted by Crippen LogP contribution is 2.31. The lowest BCUT2D eigenvalue weighted by Crippen LogP contribution is -2.13. The Labute approximate surface area is 80.4 Å². The van der Waals surface area contributed by atoms with Gasteiger partial charge in [-0.25, -0.2) is 0 Å². The molecule has 0 spiro atoms. The van der Waals surface area contributed by atoms with Crippen LogP contribution in [0.15, 0.2) is 17.3 Å². The predicted octanol–water partition coefficient (Wildman–Crippen LogP) is 0.422. The molecule has 74 valence electrons. The minimum absolute atomic E-state index is 0.0408. The number of ether oxygens (including phenoxy) is 1. The minimum Gasteiger partial charge on any atom is -0.507 e. The number of oxime groups is 1. The number of nitrogens with zero attached hydrogens (tertiary/aromatic N) is 1. The van der Waals surface area contributed by atoms with Crippen molar-refractivity contribution < 1.29 is 15.1 Å². The average molecular weight is 194 g/mol. The molecule has 1 aromatic rings. The van der Waals surface area contributed by atoms with Gasteiger partial charge in [-0.1, -0.05) is 5.16 Å². The Bertz CT molecular complexity index is 401. The highest BCUT2D eigenvalue weighted by molar-refractivity contribution is 5.99. The van der Waals surface area contributed by atoms with E-state index < -0.39 is 0 Å². The van der Waals surface area contributed by atoms with Crippen molar-refractivity contribution in [1.82, 2.24) is 0 Å². The van der Waals surface area contributed by atoms with Crippen LogP contribution in [0.25, 0.3) is 0 Å². The van der Waals surface area contributed by atoms with Gasteiger partial charge in [0.2, 0.25) is 0 Å². The predicted molar refractivity (Wildman–Crippen MR) is 49.8 cm³/mol. The molecule has 0 fully saturated rings. The SMILES string of the molecule is NC(=NO)c1cc2c(cc1O)OCC2. The number of rotatable bonds is 1. The van der Waals surface area contributed by atoms with E-state index in [1.54, 1.807) is 6.07 Å². The molecule has 0 bridgehead atoms. The molecule has 0 saturated heterocycles. The Morgan fingerprint density at radius 1 is 1.50 bits per heavy atom. The van der Waals surface area contributed by atoms with E-state index >= 15 is 0 Å². The third-order valence-corrected chi connectivity index (χ3v) is 2.19. The van der Waals surface area contributed by atoms with Crippen molar-refractivity contribution in [2.45, 2.75) is 6.42 Å². The van der Waals surface area contributed by atoms with E-state index in [-0.39, 0.29) is 11.6 Å². The normalized spacial score (nSPS) is 15.0. The Kier molecular flexibility index (Phi) is 1.92. The van der Waals surface area contributed by atoms with Crippen LogP contribution in [0.4, 0.5) is 0 Å². The molecule has 5 heteroatoms. The molecule has 1 aromatic carbocycles. The summed E-state index contributed by atoms with van der Waals surface area (Å²) in [7, 11) is 0. The third-order valence-electron chi connectivity index (χ3n) is 2.19. The van der Waals surface area contributed by atoms with Crippen molar-refractivity contribution in [3.05, 3.63) is 23.3 Å². The number of phenolic OH excluding ortho intramolecular Hbond substituents is 1. The first-order chi connectivity index (χ1) is 6.72. The van der Waals surface area contributed by atoms with Crippen molar-refractivity contribution in [3.8, 4) is 11.5 Å². The number of nitrogens with two attached hydrogens (primary N) is 1. The maximum Gasteiger partial charge on any atom is 0.173 e. The monoisotopic (exact) mass is 194 g/mol. The van der Waals surface area contributed by atoms with Crippen molar-refractivity contribution in [3.63, 3.8) is 0 Å². The van der Waals surface area contributed by atoms with Crippen molar-refractivity contribution in [2.24, 2.45) is 10.9 Å². The maximum atomic E-state index is 9.52. The zero-order valence-electron chi connectivity index (χ0n) is 7.40. The lowest BCUT2D eigenvalue weighted by molar-refractivity contribution is 0.318. The van der Waals surface area contributed by atoms with Crippen LogP contribution in [0.3, 0.4) is 0 Å². The Balaban J connectivity index is 2.53. The van der Waals surface area contributed by atoms with Crippen LogP contribution in [0.2, 0.25) is 0 Å². The van der Waals surface area contributed by atoms with Gasteiger partial charge in [-0.05, 0) is 11.6 Å². The first-order valence-corrected chi connectivity index (χ1v) is 4.19. The molecule has 1 heterocycles. The van der Waals surface area contributed by atoms with Gasteiger partial charge in [0, 0.05) is 12.5 Å². The highest BCUT2D eigenvalue weighted by Gasteiger charge is 2.17. The zero-order valence-corrected chi connectivity index (χ0v) is 7.40. The van der Waals surface area contributed by atoms with Gasteiger partial charge >= 0.3 is 0 Å². The fourth-order valence-corrected chi connectivity index (χ4v) is 1.47. The first kappa shape index (κ1) is 8.68. The molecular formula is C9H10N2O3. The van der Waals surface area contributed by atoms with Gasteiger partial charge in [0.1, 0.15) is 11.5 Å². The smallest absolute Gasteiger partial charge is 0.173 e. The van der Waals surface area contributed by atoms with Crippen molar-refractivity contribution >= 4 is 5.84 Å². The van der Waals surface area contributed by atoms with Crippen LogP contribution in [-0.2, 0) is 6.42 Å². The van der Waals surface area contributed by atoms with Crippen LogP contribution < -0.4 is 10.5 Å². The number of hydrogen-bond donors (Lipinski definition) is 3. The van der Waals surface area contributed by atoms with Crippen LogP contribution in [0, 0.1) is 0 Å². The summed E-state index contributed by atoms with van der Waals surface area (Å²) >= 11 is 0. The summed E-state index contributed by atoms with van der Waals surface area (Å²) in [5.41, 5.74) is 6.68. The van der Waals surface area contributed by atoms with Crippen molar-refractivity contribution in [1.29, 1.82) is 0 Å². The van der Waals surface area contributed by atoms with Crippen molar-refractivity contribution in [2.75, 3.05) is 6.61 Å². The molecule has 2 rings (SSSR count). The Morgan fingerprint density at radius 2 is 2.29 bits per heavy atom. The van der Waals surface area contributed by atoms with E-state index in [9.17, 15) is 5.11 Å². The maximum absolute atomic E-state index is 9.52. The molecule has 0 unspecified atom stereocenters. The van der Waals surface area contributed by atoms with E-state index in [1.807, 2.05) is 0 Å². The van der Waals surface area contributed by atoms with Gasteiger partial charge in [0.15, 0.2) is 5.84 Å². The molecule has 0 atom stereocenters. The zero-order chi connectivity index (χ0) is 10.1. The Morgan fingerprint density at radius 3 is 3.00 bits per heavy atom. The molecule has 1 aliphatic rings. The lowest BCUT2D eigenvalue weighted by Gasteiger charge is -2.05. The summed E-state index contributed by atoms with van der Waals surface area (Å²) in [4.78, 5) is 0. The third kappa shape index (κ3) is 1.22. The van der Waals surface area contributed by atoms with Gasteiger partial charge in [0.05, 0.1) is 12.2 Å². The molecule has 4 N–H and O–H groups in total. The molecule has 0 saturated carbocycles. The number of hydrogen-bond acceptors (Lipinski definition) is 4. The molecule has 1 aliphatic heterocycles. The second-order valence-corrected chi connectivity index (χ2v) is 3.06. The van der Waals surface area contributed by atoms with E-state index in [0.717, 1.165) is 12.0 Å². The average Bonchev–Trinajstić information content (AvgIpc) is 2.62. The van der Waals surface area contributed by atoms with E-state index in [4.69, 9.17) is 15.7 Å². The largest absolute Gasteiger partial charge is 0.507 e. The van der Waals surface area contributed by atoms with Crippen LogP contribution in [0.5, 0.6) is 11.5 Å². The molecule has 0 aliphatic carbocycles. The summed E-state index contributed by atoms with van der Waals surface area (Å²) in [5.74, 6) is 0.523. The van der Waals surface area contributed by atoms with Gasteiger partial charge in [-0.3, -0.25) is 0 Å². The minimum atomic E-state index is -0.0998. The number of aromatic hydroxyl groups is 1. The summed E-state index contributed by atoms with van der Waals surface area (Å²) < 4.78 is 5.24. The van der Waals surface area contributed by atoms with Crippen LogP contribution >= 0.6 is 0 Å². The molecular weight excluding hydrogens is 184 g/mol. The molecule has 0 radical (unpaired) electrons. The Hall–Kier alpha value is -1.91. The van der Waals surface area contributed by atoms with E-state index in [2.05, 4.69) is 5.16 Å². The number of benzene rings is 1. The lowest BCUT2D eigenvalue weighted by atomic mass is 10.1. The fourth-order valence-electron chi connectivity index (χ4n) is 1.47. The summed E-state index contributed by atoms with van der Waals surface area (Å²) in [6.45, 7) is 0.606. The van der Waals surface area contributed by atoms with Crippen LogP contribution in [-0.4, -0.2) is 22.8 Å². The summed E-state index contributed by atoms with van der Waals surface area (Å²) in [6.07, 6.45) is 0.779. The van der Waals surface area contributed by atoms with Gasteiger partial charge in [-0.15, -0.1) is 0 Å². The summed E-state index contributed by atoms with van der Waals surface area (Å²) in [6, 6.07) is 3.16. The van der Waals surface area contributed by atoms with E-state index in [0.29, 0.717) is 17.9 Å². The highest BCUT2D eigenvalue weighted by atomic mass is 16.5. The number of fused-ring (bicyclic) bond motifs is 1. The fraction of sp³-hybridized carbons (Fsp3) is 0.222. The second kappa shape index (κ2) is 3.10. The molecule has 5 nitrogen and oxygen atoms in total. The number of amidine groups is 1. The second-order valence-electron chi connectivity index (χ2n) is 3.06. The molecule has 0 amide bonds. The van der Waals surface area contributed by atoms with E-state index in [1.165, 1.54) is 6.07 Å². The molecule has 0 aromatic heterocycles. The van der Waals surface area contributed by atoms with Gasteiger partial charge < -0.3 is 20.8 Å². The quantitative estimate of drug-likeness (QED) is 0.261. The first-order valence-electron chi connectivity index (χ1n) is 4.19. The topological polar surface area (TPSA) is 88.1 Å².